The van der Waals surface area contributed by atoms with E-state index in [0.717, 1.165) is 25.7 Å². The number of nitrogens with zero attached hydrogens (tertiary/aromatic N) is 1. The highest BCUT2D eigenvalue weighted by Gasteiger charge is 2.37. The molecule has 0 aromatic heterocycles. The predicted octanol–water partition coefficient (Wildman–Crippen LogP) is 2.50. The van der Waals surface area contributed by atoms with Gasteiger partial charge in [-0.25, -0.2) is 4.39 Å². The van der Waals surface area contributed by atoms with Crippen LogP contribution in [0.4, 0.5) is 4.39 Å². The van der Waals surface area contributed by atoms with Crippen molar-refractivity contribution in [1.29, 1.82) is 0 Å². The molecule has 6 heteroatoms. The number of ether oxygens (including phenoxy) is 1. The van der Waals surface area contributed by atoms with Crippen molar-refractivity contribution in [3.63, 3.8) is 0 Å². The predicted molar refractivity (Wildman–Crippen MR) is 87.4 cm³/mol. The number of carbonyl (C=O) groups is 2. The van der Waals surface area contributed by atoms with Crippen LogP contribution >= 0.6 is 0 Å². The molecule has 2 aliphatic rings. The average Bonchev–Trinajstić information content (AvgIpc) is 2.96. The minimum absolute atomic E-state index is 0.0178. The average molecular weight is 334 g/mol. The van der Waals surface area contributed by atoms with Gasteiger partial charge in [-0.2, -0.15) is 0 Å². The number of methoxy groups -OCH3 is 1. The van der Waals surface area contributed by atoms with Gasteiger partial charge in [0.05, 0.1) is 12.7 Å². The fourth-order valence-corrected chi connectivity index (χ4v) is 3.67. The van der Waals surface area contributed by atoms with Gasteiger partial charge in [0, 0.05) is 12.6 Å². The maximum Gasteiger partial charge on any atom is 0.255 e. The van der Waals surface area contributed by atoms with Crippen molar-refractivity contribution in [1.82, 2.24) is 10.2 Å². The molecule has 1 heterocycles. The second-order valence-corrected chi connectivity index (χ2v) is 6.46. The molecule has 1 aromatic carbocycles. The molecule has 130 valence electrons. The van der Waals surface area contributed by atoms with Crippen LogP contribution in [0.15, 0.2) is 18.2 Å². The molecule has 1 atom stereocenters. The van der Waals surface area contributed by atoms with E-state index in [1.54, 1.807) is 6.07 Å². The molecule has 0 spiro atoms. The molecule has 1 aliphatic carbocycles. The zero-order valence-electron chi connectivity index (χ0n) is 13.9. The monoisotopic (exact) mass is 334 g/mol. The third-order valence-electron chi connectivity index (χ3n) is 4.99. The fraction of sp³-hybridized carbons (Fsp3) is 0.556. The largest absolute Gasteiger partial charge is 0.494 e. The van der Waals surface area contributed by atoms with Gasteiger partial charge in [0.25, 0.3) is 5.91 Å². The van der Waals surface area contributed by atoms with E-state index in [1.165, 1.54) is 25.7 Å². The Morgan fingerprint density at radius 2 is 2.00 bits per heavy atom. The molecule has 2 fully saturated rings. The summed E-state index contributed by atoms with van der Waals surface area (Å²) < 4.78 is 19.1. The van der Waals surface area contributed by atoms with Crippen molar-refractivity contribution >= 4 is 11.8 Å². The van der Waals surface area contributed by atoms with E-state index in [0.29, 0.717) is 19.0 Å². The Morgan fingerprint density at radius 3 is 2.71 bits per heavy atom. The minimum Gasteiger partial charge on any atom is -0.494 e. The molecule has 5 nitrogen and oxygen atoms in total. The molecule has 2 amide bonds. The van der Waals surface area contributed by atoms with Gasteiger partial charge in [0.2, 0.25) is 5.91 Å². The lowest BCUT2D eigenvalue weighted by atomic mass is 9.94. The summed E-state index contributed by atoms with van der Waals surface area (Å²) in [5, 5.41) is 2.68. The van der Waals surface area contributed by atoms with Crippen LogP contribution in [0.1, 0.15) is 48.9 Å². The van der Waals surface area contributed by atoms with Gasteiger partial charge in [0.15, 0.2) is 11.6 Å². The summed E-state index contributed by atoms with van der Waals surface area (Å²) in [6.07, 6.45) is 6.19. The second-order valence-electron chi connectivity index (χ2n) is 6.46. The summed E-state index contributed by atoms with van der Waals surface area (Å²) in [5.41, 5.74) is -0.0988. The van der Waals surface area contributed by atoms with Crippen molar-refractivity contribution < 1.29 is 18.7 Å². The highest BCUT2D eigenvalue weighted by Crippen LogP contribution is 2.27. The van der Waals surface area contributed by atoms with Crippen molar-refractivity contribution in [3.05, 3.63) is 29.6 Å². The standard InChI is InChI=1S/C18H23FN2O3/c1-24-15-9-5-8-13(16(15)19)17(22)20-14-10-11-21(18(14)23)12-6-3-2-4-7-12/h5,8-9,12,14H,2-4,6-7,10-11H2,1H3,(H,20,22)/t14-/m1/s1. The van der Waals surface area contributed by atoms with Gasteiger partial charge in [0.1, 0.15) is 6.04 Å². The van der Waals surface area contributed by atoms with Gasteiger partial charge in [-0.1, -0.05) is 25.3 Å². The first-order valence-corrected chi connectivity index (χ1v) is 8.55. The van der Waals surface area contributed by atoms with E-state index in [2.05, 4.69) is 5.32 Å². The minimum atomic E-state index is -0.702. The number of benzene rings is 1. The lowest BCUT2D eigenvalue weighted by Crippen LogP contribution is -2.45. The number of likely N-dealkylation sites (tertiary alicyclic amines) is 1. The van der Waals surface area contributed by atoms with E-state index < -0.39 is 17.8 Å². The molecular formula is C18H23FN2O3. The number of hydrogen-bond donors (Lipinski definition) is 1. The Hall–Kier alpha value is -2.11. The van der Waals surface area contributed by atoms with Gasteiger partial charge < -0.3 is 15.0 Å². The number of carbonyl (C=O) groups excluding carboxylic acids is 2. The van der Waals surface area contributed by atoms with Crippen LogP contribution in [0.5, 0.6) is 5.75 Å². The summed E-state index contributed by atoms with van der Waals surface area (Å²) in [6.45, 7) is 0.662. The van der Waals surface area contributed by atoms with E-state index in [-0.39, 0.29) is 17.2 Å². The van der Waals surface area contributed by atoms with Gasteiger partial charge in [-0.3, -0.25) is 9.59 Å². The molecule has 0 unspecified atom stereocenters. The Kier molecular flexibility index (Phi) is 5.02. The fourth-order valence-electron chi connectivity index (χ4n) is 3.67. The van der Waals surface area contributed by atoms with Crippen LogP contribution in [-0.4, -0.2) is 42.5 Å². The van der Waals surface area contributed by atoms with Crippen molar-refractivity contribution in [2.75, 3.05) is 13.7 Å². The Morgan fingerprint density at radius 1 is 1.25 bits per heavy atom. The highest BCUT2D eigenvalue weighted by atomic mass is 19.1. The SMILES string of the molecule is COc1cccc(C(=O)N[C@@H]2CCN(C3CCCCC3)C2=O)c1F. The molecule has 24 heavy (non-hydrogen) atoms. The summed E-state index contributed by atoms with van der Waals surface area (Å²) in [5.74, 6) is -1.30. The lowest BCUT2D eigenvalue weighted by Gasteiger charge is -2.31. The zero-order chi connectivity index (χ0) is 17.1. The smallest absolute Gasteiger partial charge is 0.255 e. The van der Waals surface area contributed by atoms with Crippen LogP contribution in [0.25, 0.3) is 0 Å². The number of nitrogens with one attached hydrogen (secondary N) is 1. The summed E-state index contributed by atoms with van der Waals surface area (Å²) in [7, 11) is 1.35. The summed E-state index contributed by atoms with van der Waals surface area (Å²) >= 11 is 0. The number of hydrogen-bond acceptors (Lipinski definition) is 3. The maximum absolute atomic E-state index is 14.2. The third kappa shape index (κ3) is 3.23. The molecule has 3 rings (SSSR count). The van der Waals surface area contributed by atoms with E-state index >= 15 is 0 Å². The van der Waals surface area contributed by atoms with Crippen molar-refractivity contribution in [2.45, 2.75) is 50.6 Å². The molecule has 1 saturated carbocycles. The first-order valence-electron chi connectivity index (χ1n) is 8.55. The number of halogens is 1. The zero-order valence-corrected chi connectivity index (χ0v) is 13.9. The lowest BCUT2D eigenvalue weighted by molar-refractivity contribution is -0.131. The maximum atomic E-state index is 14.2. The number of amides is 2. The van der Waals surface area contributed by atoms with Gasteiger partial charge in [-0.15, -0.1) is 0 Å². The molecular weight excluding hydrogens is 311 g/mol. The van der Waals surface area contributed by atoms with Crippen LogP contribution in [-0.2, 0) is 4.79 Å². The van der Waals surface area contributed by atoms with Crippen LogP contribution in [0.2, 0.25) is 0 Å². The Balaban J connectivity index is 1.66. The highest BCUT2D eigenvalue weighted by molar-refractivity contribution is 5.98. The van der Waals surface area contributed by atoms with E-state index in [1.807, 2.05) is 4.90 Å². The van der Waals surface area contributed by atoms with Gasteiger partial charge in [-0.05, 0) is 31.4 Å². The number of rotatable bonds is 4. The summed E-state index contributed by atoms with van der Waals surface area (Å²) in [4.78, 5) is 26.8. The topological polar surface area (TPSA) is 58.6 Å². The van der Waals surface area contributed by atoms with Crippen LogP contribution in [0.3, 0.4) is 0 Å². The normalized spacial score (nSPS) is 21.8. The Bertz CT molecular complexity index is 629. The van der Waals surface area contributed by atoms with Gasteiger partial charge >= 0.3 is 0 Å². The molecule has 1 N–H and O–H groups in total. The van der Waals surface area contributed by atoms with Crippen LogP contribution < -0.4 is 10.1 Å². The van der Waals surface area contributed by atoms with Crippen molar-refractivity contribution in [3.8, 4) is 5.75 Å². The molecule has 1 aliphatic heterocycles. The van der Waals surface area contributed by atoms with E-state index in [9.17, 15) is 14.0 Å². The first-order chi connectivity index (χ1) is 11.6. The summed E-state index contributed by atoms with van der Waals surface area (Å²) in [6, 6.07) is 4.14. The quantitative estimate of drug-likeness (QED) is 0.920. The molecule has 1 saturated heterocycles. The first kappa shape index (κ1) is 16.7. The van der Waals surface area contributed by atoms with E-state index in [4.69, 9.17) is 4.74 Å². The second kappa shape index (κ2) is 7.20. The van der Waals surface area contributed by atoms with Crippen molar-refractivity contribution in [2.24, 2.45) is 0 Å². The molecule has 1 aromatic rings. The third-order valence-corrected chi connectivity index (χ3v) is 4.99. The molecule has 0 radical (unpaired) electrons. The van der Waals surface area contributed by atoms with Crippen LogP contribution in [0, 0.1) is 5.82 Å². The Labute approximate surface area is 141 Å². The molecule has 0 bridgehead atoms.